The summed E-state index contributed by atoms with van der Waals surface area (Å²) in [7, 11) is -1.54. The van der Waals surface area contributed by atoms with Crippen LogP contribution in [0.25, 0.3) is 0 Å². The first-order valence-electron chi connectivity index (χ1n) is 5.22. The number of hydrogen-bond acceptors (Lipinski definition) is 4. The highest BCUT2D eigenvalue weighted by Crippen LogP contribution is 2.58. The second-order valence-corrected chi connectivity index (χ2v) is 6.63. The Kier molecular flexibility index (Phi) is 6.48. The fourth-order valence-electron chi connectivity index (χ4n) is 1.11. The molecular weight excluding hydrogens is 247 g/mol. The van der Waals surface area contributed by atoms with Gasteiger partial charge >= 0.3 is 7.60 Å². The molecule has 2 N–H and O–H groups in total. The number of hydrogen-bond donors (Lipinski definition) is 2. The molecule has 96 valence electrons. The smallest absolute Gasteiger partial charge is 0.355 e. The molecule has 5 nitrogen and oxygen atoms in total. The van der Waals surface area contributed by atoms with Crippen LogP contribution in [0, 0.1) is 0 Å². The average Bonchev–Trinajstić information content (AvgIpc) is 2.17. The molecule has 7 heteroatoms. The van der Waals surface area contributed by atoms with Crippen LogP contribution in [-0.2, 0) is 13.6 Å². The van der Waals surface area contributed by atoms with Gasteiger partial charge in [-0.3, -0.25) is 4.57 Å². The van der Waals surface area contributed by atoms with Crippen molar-refractivity contribution >= 4 is 24.9 Å². The zero-order valence-corrected chi connectivity index (χ0v) is 12.2. The van der Waals surface area contributed by atoms with E-state index in [4.69, 9.17) is 21.3 Å². The normalized spacial score (nSPS) is 12.3. The molecule has 0 aromatic carbocycles. The molecule has 0 atom stereocenters. The Morgan fingerprint density at radius 1 is 1.31 bits per heavy atom. The molecule has 0 unspecified atom stereocenters. The predicted molar refractivity (Wildman–Crippen MR) is 69.7 cm³/mol. The molecule has 0 radical (unpaired) electrons. The highest BCUT2D eigenvalue weighted by atomic mass is 32.1. The Morgan fingerprint density at radius 3 is 2.06 bits per heavy atom. The fourth-order valence-corrected chi connectivity index (χ4v) is 3.09. The molecular formula is C9H21N2O3PS. The van der Waals surface area contributed by atoms with Gasteiger partial charge in [0, 0.05) is 7.05 Å². The first kappa shape index (κ1) is 15.8. The van der Waals surface area contributed by atoms with Crippen LogP contribution >= 0.6 is 19.8 Å². The fraction of sp³-hybridized carbons (Fsp3) is 0.889. The van der Waals surface area contributed by atoms with Crippen molar-refractivity contribution < 1.29 is 13.6 Å². The summed E-state index contributed by atoms with van der Waals surface area (Å²) in [5, 5.41) is 5.23. The van der Waals surface area contributed by atoms with Crippen LogP contribution in [-0.4, -0.2) is 30.7 Å². The van der Waals surface area contributed by atoms with Crippen LogP contribution in [0.2, 0.25) is 0 Å². The van der Waals surface area contributed by atoms with Crippen molar-refractivity contribution in [2.24, 2.45) is 0 Å². The lowest BCUT2D eigenvalue weighted by Crippen LogP contribution is -2.47. The maximum Gasteiger partial charge on any atom is 0.355 e. The molecule has 0 bridgehead atoms. The lowest BCUT2D eigenvalue weighted by atomic mass is 10.4. The SMILES string of the molecule is CCOP(=O)(OCC)C(C)(C)NC(=S)NC. The summed E-state index contributed by atoms with van der Waals surface area (Å²) in [4.78, 5) is 0. The van der Waals surface area contributed by atoms with E-state index >= 15 is 0 Å². The zero-order valence-electron chi connectivity index (χ0n) is 10.5. The molecule has 16 heavy (non-hydrogen) atoms. The van der Waals surface area contributed by atoms with Gasteiger partial charge in [-0.15, -0.1) is 0 Å². The van der Waals surface area contributed by atoms with Gasteiger partial charge in [-0.1, -0.05) is 0 Å². The van der Waals surface area contributed by atoms with Crippen molar-refractivity contribution in [2.45, 2.75) is 33.0 Å². The zero-order chi connectivity index (χ0) is 12.8. The minimum absolute atomic E-state index is 0.328. The summed E-state index contributed by atoms with van der Waals surface area (Å²) in [6.07, 6.45) is 0. The highest BCUT2D eigenvalue weighted by Gasteiger charge is 2.43. The molecule has 0 aromatic heterocycles. The van der Waals surface area contributed by atoms with E-state index in [1.807, 2.05) is 0 Å². The second kappa shape index (κ2) is 6.55. The molecule has 0 heterocycles. The maximum atomic E-state index is 12.5. The Hall–Kier alpha value is -0.160. The maximum absolute atomic E-state index is 12.5. The van der Waals surface area contributed by atoms with Crippen LogP contribution in [0.3, 0.4) is 0 Å². The van der Waals surface area contributed by atoms with Gasteiger partial charge < -0.3 is 19.7 Å². The van der Waals surface area contributed by atoms with Crippen molar-refractivity contribution in [1.29, 1.82) is 0 Å². The van der Waals surface area contributed by atoms with Crippen LogP contribution in [0.5, 0.6) is 0 Å². The lowest BCUT2D eigenvalue weighted by Gasteiger charge is -2.34. The third-order valence-corrected chi connectivity index (χ3v) is 4.91. The van der Waals surface area contributed by atoms with E-state index in [9.17, 15) is 4.57 Å². The van der Waals surface area contributed by atoms with E-state index < -0.39 is 12.9 Å². The van der Waals surface area contributed by atoms with Crippen molar-refractivity contribution in [1.82, 2.24) is 10.6 Å². The third-order valence-electron chi connectivity index (χ3n) is 1.93. The minimum Gasteiger partial charge on any atom is -0.366 e. The van der Waals surface area contributed by atoms with Crippen molar-refractivity contribution in [3.63, 3.8) is 0 Å². The summed E-state index contributed by atoms with van der Waals surface area (Å²) in [6, 6.07) is 0. The first-order chi connectivity index (χ1) is 7.33. The van der Waals surface area contributed by atoms with Gasteiger partial charge in [0.2, 0.25) is 0 Å². The van der Waals surface area contributed by atoms with Crippen molar-refractivity contribution in [2.75, 3.05) is 20.3 Å². The highest BCUT2D eigenvalue weighted by molar-refractivity contribution is 7.80. The van der Waals surface area contributed by atoms with Gasteiger partial charge in [-0.05, 0) is 39.9 Å². The van der Waals surface area contributed by atoms with Gasteiger partial charge in [-0.2, -0.15) is 0 Å². The van der Waals surface area contributed by atoms with Crippen molar-refractivity contribution in [3.05, 3.63) is 0 Å². The lowest BCUT2D eigenvalue weighted by molar-refractivity contribution is 0.197. The third kappa shape index (κ3) is 4.01. The van der Waals surface area contributed by atoms with E-state index in [1.165, 1.54) is 0 Å². The van der Waals surface area contributed by atoms with E-state index in [1.54, 1.807) is 34.7 Å². The first-order valence-corrected chi connectivity index (χ1v) is 7.17. The summed E-state index contributed by atoms with van der Waals surface area (Å²) < 4.78 is 23.0. The molecule has 0 spiro atoms. The Labute approximate surface area is 103 Å². The average molecular weight is 268 g/mol. The number of thiocarbonyl (C=S) groups is 1. The molecule has 0 aliphatic carbocycles. The summed E-state index contributed by atoms with van der Waals surface area (Å²) >= 11 is 4.99. The second-order valence-electron chi connectivity index (χ2n) is 3.60. The van der Waals surface area contributed by atoms with Crippen molar-refractivity contribution in [3.8, 4) is 0 Å². The molecule has 0 rings (SSSR count). The van der Waals surface area contributed by atoms with Crippen LogP contribution < -0.4 is 10.6 Å². The topological polar surface area (TPSA) is 59.6 Å². The summed E-state index contributed by atoms with van der Waals surface area (Å²) in [5.41, 5.74) is 0. The minimum atomic E-state index is -3.23. The Balaban J connectivity index is 4.88. The van der Waals surface area contributed by atoms with Gasteiger partial charge in [0.15, 0.2) is 5.11 Å². The van der Waals surface area contributed by atoms with E-state index in [0.717, 1.165) is 0 Å². The molecule has 0 aliphatic rings. The van der Waals surface area contributed by atoms with E-state index in [-0.39, 0.29) is 0 Å². The van der Waals surface area contributed by atoms with Crippen LogP contribution in [0.1, 0.15) is 27.7 Å². The Bertz CT molecular complexity index is 274. The van der Waals surface area contributed by atoms with Gasteiger partial charge in [0.05, 0.1) is 13.2 Å². The number of rotatable bonds is 6. The molecule has 0 saturated heterocycles. The quantitative estimate of drug-likeness (QED) is 0.568. The summed E-state index contributed by atoms with van der Waals surface area (Å²) in [5.74, 6) is 0. The van der Waals surface area contributed by atoms with Gasteiger partial charge in [-0.25, -0.2) is 0 Å². The molecule has 0 amide bonds. The summed E-state index contributed by atoms with van der Waals surface area (Å²) in [6.45, 7) is 7.69. The van der Waals surface area contributed by atoms with Gasteiger partial charge in [0.1, 0.15) is 5.28 Å². The predicted octanol–water partition coefficient (Wildman–Crippen LogP) is 2.08. The molecule has 0 aromatic rings. The molecule has 0 aliphatic heterocycles. The monoisotopic (exact) mass is 268 g/mol. The standard InChI is InChI=1S/C9H21N2O3PS/c1-6-13-15(12,14-7-2)9(3,4)11-8(16)10-5/h6-7H2,1-5H3,(H2,10,11,16). The largest absolute Gasteiger partial charge is 0.366 e. The van der Waals surface area contributed by atoms with E-state index in [0.29, 0.717) is 18.3 Å². The van der Waals surface area contributed by atoms with Crippen LogP contribution in [0.15, 0.2) is 0 Å². The molecule has 0 saturated carbocycles. The Morgan fingerprint density at radius 2 is 1.75 bits per heavy atom. The number of nitrogens with one attached hydrogen (secondary N) is 2. The molecule has 0 fully saturated rings. The van der Waals surface area contributed by atoms with E-state index in [2.05, 4.69) is 10.6 Å². The van der Waals surface area contributed by atoms with Gasteiger partial charge in [0.25, 0.3) is 0 Å². The van der Waals surface area contributed by atoms with Crippen LogP contribution in [0.4, 0.5) is 0 Å².